The Labute approximate surface area is 651 Å². The predicted octanol–water partition coefficient (Wildman–Crippen LogP) is -16.9. The molecule has 10 rings (SSSR count). The van der Waals surface area contributed by atoms with Gasteiger partial charge in [-0.2, -0.15) is 0 Å². The number of aliphatic hydroxyl groups is 27. The van der Waals surface area contributed by atoms with Crippen molar-refractivity contribution in [2.75, 3.05) is 66.1 Å². The lowest BCUT2D eigenvalue weighted by Crippen LogP contribution is -2.68. The van der Waals surface area contributed by atoms with Crippen molar-refractivity contribution in [2.24, 2.45) is 29.4 Å². The molecule has 0 saturated carbocycles. The van der Waals surface area contributed by atoms with Gasteiger partial charge in [-0.05, 0) is 6.92 Å². The van der Waals surface area contributed by atoms with Gasteiger partial charge in [0.2, 0.25) is 0 Å². The van der Waals surface area contributed by atoms with E-state index >= 15 is 0 Å². The molecule has 10 fully saturated rings. The van der Waals surface area contributed by atoms with Crippen molar-refractivity contribution in [3.8, 4) is 0 Å². The Hall–Kier alpha value is -1.88. The first-order valence-electron chi connectivity index (χ1n) is 38.0. The second-order valence-corrected chi connectivity index (χ2v) is 30.8. The zero-order chi connectivity index (χ0) is 83.7. The third-order valence-corrected chi connectivity index (χ3v) is 23.2. The summed E-state index contributed by atoms with van der Waals surface area (Å²) in [6.45, 7) is -1.86. The fourth-order valence-corrected chi connectivity index (χ4v) is 15.6. The van der Waals surface area contributed by atoms with E-state index < -0.39 is 378 Å². The van der Waals surface area contributed by atoms with Crippen LogP contribution in [0.4, 0.5) is 0 Å². The zero-order valence-electron chi connectivity index (χ0n) is 62.6. The molecular formula is C67H117NO46. The molecule has 47 nitrogen and oxygen atoms in total. The molecule has 20 unspecified atom stereocenters. The first-order valence-corrected chi connectivity index (χ1v) is 38.0. The summed E-state index contributed by atoms with van der Waals surface area (Å²) in [6, 6.07) is -1.27. The van der Waals surface area contributed by atoms with Crippen molar-refractivity contribution in [1.29, 1.82) is 0 Å². The van der Waals surface area contributed by atoms with Crippen LogP contribution in [0.25, 0.3) is 0 Å². The topological polar surface area (TPSA) is 748 Å². The predicted molar refractivity (Wildman–Crippen MR) is 358 cm³/mol. The molecule has 114 heavy (non-hydrogen) atoms. The highest BCUT2D eigenvalue weighted by Gasteiger charge is 2.60. The number of aliphatic hydroxyl groups excluding tert-OH is 27. The number of ether oxygens (including phenoxy) is 19. The van der Waals surface area contributed by atoms with E-state index in [4.69, 9.17) is 95.7 Å². The van der Waals surface area contributed by atoms with Crippen LogP contribution in [0.3, 0.4) is 0 Å². The smallest absolute Gasteiger partial charge is 0.187 e. The van der Waals surface area contributed by atoms with E-state index in [1.807, 2.05) is 0 Å². The Balaban J connectivity index is 0.887. The Morgan fingerprint density at radius 2 is 0.605 bits per heavy atom. The quantitative estimate of drug-likeness (QED) is 0.0318. The first kappa shape index (κ1) is 94.4. The molecule has 0 bridgehead atoms. The third-order valence-electron chi connectivity index (χ3n) is 23.2. The molecule has 10 aliphatic rings. The van der Waals surface area contributed by atoms with Crippen LogP contribution in [0, 0.1) is 23.7 Å². The number of nitrogens with two attached hydrogens (primary N) is 1. The summed E-state index contributed by atoms with van der Waals surface area (Å²) >= 11 is 0. The number of hydrogen-bond donors (Lipinski definition) is 28. The number of rotatable bonds is 30. The van der Waals surface area contributed by atoms with Crippen molar-refractivity contribution < 1.29 is 228 Å². The highest BCUT2D eigenvalue weighted by molar-refractivity contribution is 5.03. The highest BCUT2D eigenvalue weighted by atomic mass is 16.8. The molecule has 10 saturated heterocycles. The molecule has 0 spiro atoms. The van der Waals surface area contributed by atoms with Crippen molar-refractivity contribution in [3.05, 3.63) is 0 Å². The Morgan fingerprint density at radius 3 is 1.04 bits per heavy atom. The molecule has 0 amide bonds. The maximum absolute atomic E-state index is 12.6. The lowest BCUT2D eigenvalue weighted by atomic mass is 9.88. The summed E-state index contributed by atoms with van der Waals surface area (Å²) in [7, 11) is 0. The normalized spacial score (nSPS) is 52.6. The summed E-state index contributed by atoms with van der Waals surface area (Å²) in [5, 5.41) is 298. The molecule has 0 aliphatic carbocycles. The van der Waals surface area contributed by atoms with Crippen LogP contribution in [0.5, 0.6) is 0 Å². The second kappa shape index (κ2) is 41.1. The van der Waals surface area contributed by atoms with E-state index in [2.05, 4.69) is 0 Å². The molecule has 0 radical (unpaired) electrons. The Morgan fingerprint density at radius 1 is 0.289 bits per heavy atom. The monoisotopic (exact) mass is 1670 g/mol. The van der Waals surface area contributed by atoms with Crippen LogP contribution >= 0.6 is 0 Å². The van der Waals surface area contributed by atoms with Gasteiger partial charge in [-0.15, -0.1) is 0 Å². The molecule has 10 heterocycles. The lowest BCUT2D eigenvalue weighted by molar-refractivity contribution is -0.402. The standard InChI is InChI=1S/C67H117NO46/c1-17-21(5)98-27(11-73)52(35(17)79)108-60-18(2)36(80)55(30(14-76)102-60)111-65-51(95)57(112-67-59(48(92)42(86)26(10-72)101-67)114-62-20(4)38(82)53(28(12-74)104-62)109-63-49(93)45(89)40(84)24(8-70)99-63)44(88)32(106-65)16-97-66-58(47(91)41(85)25(9-71)100-66)113-61-19(3)37(81)54(29(13-75)103-61)110-64-50(94)46(90)43(87)31(105-64)15-96-33-6-22(77)34(68)56(107-33)39(83)23(78)7-69/h17-67,69-95H,6-16,68H2,1-5H3/t17-,18+,19?,20+,21+,22-,23?,24?,25?,26-,27?,28?,29+,30?,31?,32?,33+,34-,35?,36?,37?,38?,39-,40+,41-,42-,43+,44-,45?,46?,47?,48?,49+,50+,51-,52-,53-,54-,55-,56?,57?,58-,59?,60+,61+,62+,63+,64+,65+,66+,67-/m1/s1. The fraction of sp³-hybridized carbons (Fsp3) is 1.00. The minimum Gasteiger partial charge on any atom is -0.394 e. The minimum absolute atomic E-state index is 0.324. The van der Waals surface area contributed by atoms with Gasteiger partial charge in [0.25, 0.3) is 0 Å². The van der Waals surface area contributed by atoms with Crippen LogP contribution in [0.1, 0.15) is 41.0 Å². The molecule has 666 valence electrons. The van der Waals surface area contributed by atoms with E-state index in [-0.39, 0.29) is 6.42 Å². The maximum Gasteiger partial charge on any atom is 0.187 e. The molecule has 29 N–H and O–H groups in total. The van der Waals surface area contributed by atoms with Crippen LogP contribution in [-0.2, 0) is 90.0 Å². The van der Waals surface area contributed by atoms with E-state index in [1.54, 1.807) is 13.8 Å². The first-order chi connectivity index (χ1) is 54.0. The van der Waals surface area contributed by atoms with Crippen LogP contribution in [0.2, 0.25) is 0 Å². The van der Waals surface area contributed by atoms with E-state index in [0.29, 0.717) is 0 Å². The zero-order valence-corrected chi connectivity index (χ0v) is 62.6. The van der Waals surface area contributed by atoms with Crippen LogP contribution in [0.15, 0.2) is 0 Å². The largest absolute Gasteiger partial charge is 0.394 e. The van der Waals surface area contributed by atoms with Crippen molar-refractivity contribution >= 4 is 0 Å². The van der Waals surface area contributed by atoms with Gasteiger partial charge < -0.3 is 234 Å². The molecular weight excluding hydrogens is 1550 g/mol. The second-order valence-electron chi connectivity index (χ2n) is 30.8. The van der Waals surface area contributed by atoms with E-state index in [9.17, 15) is 138 Å². The lowest BCUT2D eigenvalue weighted by Gasteiger charge is -2.51. The summed E-state index contributed by atoms with van der Waals surface area (Å²) in [5.74, 6) is -4.43. The van der Waals surface area contributed by atoms with Gasteiger partial charge in [0.05, 0.1) is 109 Å². The van der Waals surface area contributed by atoms with Gasteiger partial charge in [-0.25, -0.2) is 0 Å². The summed E-state index contributed by atoms with van der Waals surface area (Å²) in [5.41, 5.74) is 5.99. The minimum atomic E-state index is -2.35. The van der Waals surface area contributed by atoms with E-state index in [0.717, 1.165) is 0 Å². The maximum atomic E-state index is 12.6. The van der Waals surface area contributed by atoms with Crippen LogP contribution < -0.4 is 5.73 Å². The average Bonchev–Trinajstić information content (AvgIpc) is 0.766. The average molecular weight is 1670 g/mol. The molecule has 51 atom stereocenters. The van der Waals surface area contributed by atoms with Gasteiger partial charge >= 0.3 is 0 Å². The fourth-order valence-electron chi connectivity index (χ4n) is 15.6. The van der Waals surface area contributed by atoms with Gasteiger partial charge in [0.15, 0.2) is 56.6 Å². The summed E-state index contributed by atoms with van der Waals surface area (Å²) in [4.78, 5) is 0. The van der Waals surface area contributed by atoms with Gasteiger partial charge in [-0.1, -0.05) is 27.7 Å². The van der Waals surface area contributed by atoms with Crippen molar-refractivity contribution in [3.63, 3.8) is 0 Å². The Kier molecular flexibility index (Phi) is 34.0. The SMILES string of the molecule is CC1C(O)[C@H](O[C@@H]2OC(CO[C@@H]3C[C@@H](O)[C@@H](N)C([C@H](O)C(O)CO)O3)[C@H](O)C(O)[C@@H]2O)[C@H](CO)O[C@H]1O[C@@H]1C(O)[C@H](O)C(CO)O[C@@H]1OCC1O[C@@H](O[C@@H]2C(CO)O[C@@H](O[C@@H]3C(CO)O[C@@H](C)[C@@H](C)C3O)[C@@H](C)C2O)[C@H](O)C(O[C@H]2O[C@H](CO)[C@@H](O)C(O)C2O[C@@H]2OC(CO)[C@@H](O[C@@H]3OC(CO)[C@H](O)C(O)[C@@H]3O)C(O)[C@@H]2C)[C@@H]1O. The molecule has 0 aromatic heterocycles. The van der Waals surface area contributed by atoms with Gasteiger partial charge in [0.1, 0.15) is 189 Å². The van der Waals surface area contributed by atoms with Gasteiger partial charge in [0, 0.05) is 30.1 Å². The Bertz CT molecular complexity index is 2860. The summed E-state index contributed by atoms with van der Waals surface area (Å²) in [6.07, 6.45) is -83.0. The molecule has 47 heteroatoms. The van der Waals surface area contributed by atoms with Crippen LogP contribution in [-0.4, -0.2) is 492 Å². The van der Waals surface area contributed by atoms with E-state index in [1.165, 1.54) is 20.8 Å². The van der Waals surface area contributed by atoms with Crippen molar-refractivity contribution in [1.82, 2.24) is 0 Å². The molecule has 0 aromatic carbocycles. The van der Waals surface area contributed by atoms with Crippen molar-refractivity contribution in [2.45, 2.75) is 330 Å². The summed E-state index contributed by atoms with van der Waals surface area (Å²) < 4.78 is 114. The highest BCUT2D eigenvalue weighted by Crippen LogP contribution is 2.42. The number of hydrogen-bond acceptors (Lipinski definition) is 47. The third kappa shape index (κ3) is 20.0. The van der Waals surface area contributed by atoms with Gasteiger partial charge in [-0.3, -0.25) is 0 Å². The molecule has 10 aliphatic heterocycles. The molecule has 0 aromatic rings.